The molecule has 0 aliphatic carbocycles. The molecule has 4 aromatic rings. The normalized spacial score (nSPS) is 10.2. The van der Waals surface area contributed by atoms with Crippen molar-refractivity contribution in [3.8, 4) is 11.5 Å². The Kier molecular flexibility index (Phi) is 10.8. The van der Waals surface area contributed by atoms with Crippen molar-refractivity contribution in [3.05, 3.63) is 112 Å². The highest BCUT2D eigenvalue weighted by atomic mass is 79.9. The molecule has 0 aromatic heterocycles. The maximum Gasteiger partial charge on any atom is 0.259 e. The Hall–Kier alpha value is -2.18. The molecule has 0 aliphatic rings. The third kappa shape index (κ3) is 7.67. The second kappa shape index (κ2) is 13.6. The van der Waals surface area contributed by atoms with E-state index in [-0.39, 0.29) is 34.4 Å². The molecule has 0 spiro atoms. The summed E-state index contributed by atoms with van der Waals surface area (Å²) in [5.41, 5.74) is 1.75. The van der Waals surface area contributed by atoms with Crippen LogP contribution in [0, 0.1) is 0 Å². The van der Waals surface area contributed by atoms with Crippen LogP contribution in [0.2, 0.25) is 0 Å². The Labute approximate surface area is 255 Å². The molecule has 0 aliphatic heterocycles. The summed E-state index contributed by atoms with van der Waals surface area (Å²) in [6, 6.07) is 22.9. The molecule has 4 N–H and O–H groups in total. The predicted molar refractivity (Wildman–Crippen MR) is 164 cm³/mol. The lowest BCUT2D eigenvalue weighted by atomic mass is 10.2. The summed E-state index contributed by atoms with van der Waals surface area (Å²) < 4.78 is 2.91. The minimum Gasteiger partial charge on any atom is -0.506 e. The smallest absolute Gasteiger partial charge is 0.259 e. The molecule has 0 heterocycles. The standard InChI is InChI=1S/C13H8Br3NO2.C13H9Br2NO2/c14-9-6-8(12(18)11(16)10(9)15)13(19)17-7-4-2-1-3-5-7;14-10-7-6-9(12(17)11(10)15)13(18)16-8-4-2-1-3-5-8/h1-6,18H,(H,17,19);1-7,17H,(H,16,18). The van der Waals surface area contributed by atoms with Crippen molar-refractivity contribution in [2.45, 2.75) is 0 Å². The third-order valence-corrected chi connectivity index (χ3v) is 10.0. The van der Waals surface area contributed by atoms with Crippen LogP contribution in [-0.4, -0.2) is 22.0 Å². The van der Waals surface area contributed by atoms with E-state index in [0.29, 0.717) is 33.7 Å². The Morgan fingerprint density at radius 2 is 1.00 bits per heavy atom. The molecular formula is C26H17Br5N2O4. The fraction of sp³-hybridized carbons (Fsp3) is 0. The molecule has 0 fully saturated rings. The number of halogens is 5. The fourth-order valence-corrected chi connectivity index (χ4v) is 5.01. The zero-order valence-corrected chi connectivity index (χ0v) is 26.5. The van der Waals surface area contributed by atoms with Crippen molar-refractivity contribution >= 4 is 103 Å². The van der Waals surface area contributed by atoms with Gasteiger partial charge in [-0.3, -0.25) is 9.59 Å². The second-order valence-electron chi connectivity index (χ2n) is 7.28. The molecular weight excluding hydrogens is 804 g/mol. The van der Waals surface area contributed by atoms with Crippen molar-refractivity contribution in [3.63, 3.8) is 0 Å². The Balaban J connectivity index is 0.000000206. The number of phenolic OH excluding ortho intramolecular Hbond substituents is 2. The molecule has 37 heavy (non-hydrogen) atoms. The molecule has 0 atom stereocenters. The van der Waals surface area contributed by atoms with E-state index in [1.54, 1.807) is 42.5 Å². The summed E-state index contributed by atoms with van der Waals surface area (Å²) in [6.07, 6.45) is 0. The Morgan fingerprint density at radius 1 is 0.541 bits per heavy atom. The van der Waals surface area contributed by atoms with Gasteiger partial charge in [0.05, 0.1) is 20.1 Å². The first kappa shape index (κ1) is 29.4. The maximum absolute atomic E-state index is 12.1. The topological polar surface area (TPSA) is 98.7 Å². The molecule has 4 rings (SSSR count). The van der Waals surface area contributed by atoms with Crippen LogP contribution in [0.1, 0.15) is 20.7 Å². The molecule has 6 nitrogen and oxygen atoms in total. The van der Waals surface area contributed by atoms with Gasteiger partial charge in [0.15, 0.2) is 0 Å². The molecule has 0 unspecified atom stereocenters. The number of hydrogen-bond donors (Lipinski definition) is 4. The number of amides is 2. The van der Waals surface area contributed by atoms with Crippen LogP contribution in [0.4, 0.5) is 11.4 Å². The highest BCUT2D eigenvalue weighted by molar-refractivity contribution is 9.14. The van der Waals surface area contributed by atoms with Gasteiger partial charge in [-0.2, -0.15) is 0 Å². The number of rotatable bonds is 4. The van der Waals surface area contributed by atoms with Crippen LogP contribution in [0.15, 0.2) is 101 Å². The molecule has 11 heteroatoms. The van der Waals surface area contributed by atoms with Crippen LogP contribution < -0.4 is 10.6 Å². The average Bonchev–Trinajstić information content (AvgIpc) is 2.89. The largest absolute Gasteiger partial charge is 0.506 e. The number of carbonyl (C=O) groups excluding carboxylic acids is 2. The summed E-state index contributed by atoms with van der Waals surface area (Å²) in [4.78, 5) is 24.1. The van der Waals surface area contributed by atoms with Crippen molar-refractivity contribution < 1.29 is 19.8 Å². The summed E-state index contributed by atoms with van der Waals surface area (Å²) >= 11 is 16.3. The average molecular weight is 821 g/mol. The lowest BCUT2D eigenvalue weighted by Crippen LogP contribution is -2.12. The quantitative estimate of drug-likeness (QED) is 0.155. The molecule has 190 valence electrons. The van der Waals surface area contributed by atoms with Crippen LogP contribution >= 0.6 is 79.6 Å². The molecule has 0 saturated heterocycles. The summed E-state index contributed by atoms with van der Waals surface area (Å²) in [7, 11) is 0. The number of aromatic hydroxyl groups is 2. The number of nitrogens with one attached hydrogen (secondary N) is 2. The first-order chi connectivity index (χ1) is 17.6. The Bertz CT molecular complexity index is 1430. The van der Waals surface area contributed by atoms with Crippen molar-refractivity contribution in [1.82, 2.24) is 0 Å². The summed E-state index contributed by atoms with van der Waals surface area (Å²) in [5, 5.41) is 25.3. The summed E-state index contributed by atoms with van der Waals surface area (Å²) in [6.45, 7) is 0. The lowest BCUT2D eigenvalue weighted by Gasteiger charge is -2.10. The van der Waals surface area contributed by atoms with E-state index in [4.69, 9.17) is 0 Å². The van der Waals surface area contributed by atoms with Gasteiger partial charge in [-0.25, -0.2) is 0 Å². The zero-order chi connectivity index (χ0) is 27.1. The predicted octanol–water partition coefficient (Wildman–Crippen LogP) is 9.10. The number of benzene rings is 4. The van der Waals surface area contributed by atoms with Gasteiger partial charge in [0, 0.05) is 24.8 Å². The van der Waals surface area contributed by atoms with Crippen LogP contribution in [0.25, 0.3) is 0 Å². The first-order valence-corrected chi connectivity index (χ1v) is 14.3. The highest BCUT2D eigenvalue weighted by Gasteiger charge is 2.18. The molecule has 2 amide bonds. The van der Waals surface area contributed by atoms with Crippen molar-refractivity contribution in [1.29, 1.82) is 0 Å². The molecule has 0 radical (unpaired) electrons. The second-order valence-corrected chi connectivity index (χ2v) is 11.4. The van der Waals surface area contributed by atoms with Crippen LogP contribution in [0.5, 0.6) is 11.5 Å². The van der Waals surface area contributed by atoms with E-state index in [9.17, 15) is 19.8 Å². The van der Waals surface area contributed by atoms with Gasteiger partial charge in [0.1, 0.15) is 11.5 Å². The van der Waals surface area contributed by atoms with Gasteiger partial charge in [0.2, 0.25) is 0 Å². The number of phenols is 2. The van der Waals surface area contributed by atoms with Gasteiger partial charge in [0.25, 0.3) is 11.8 Å². The van der Waals surface area contributed by atoms with Gasteiger partial charge >= 0.3 is 0 Å². The monoisotopic (exact) mass is 816 g/mol. The molecule has 0 saturated carbocycles. The molecule has 4 aromatic carbocycles. The fourth-order valence-electron chi connectivity index (χ4n) is 2.92. The SMILES string of the molecule is O=C(Nc1ccccc1)c1cc(Br)c(Br)c(Br)c1O.O=C(Nc1ccccc1)c1ccc(Br)c(Br)c1O. The van der Waals surface area contributed by atoms with Gasteiger partial charge in [-0.05, 0) is 122 Å². The van der Waals surface area contributed by atoms with E-state index in [1.807, 2.05) is 36.4 Å². The third-order valence-electron chi connectivity index (χ3n) is 4.76. The van der Waals surface area contributed by atoms with Gasteiger partial charge in [-0.15, -0.1) is 0 Å². The van der Waals surface area contributed by atoms with Gasteiger partial charge in [-0.1, -0.05) is 36.4 Å². The van der Waals surface area contributed by atoms with E-state index < -0.39 is 0 Å². The zero-order valence-electron chi connectivity index (χ0n) is 18.6. The minimum atomic E-state index is -0.377. The van der Waals surface area contributed by atoms with Crippen LogP contribution in [-0.2, 0) is 0 Å². The van der Waals surface area contributed by atoms with E-state index >= 15 is 0 Å². The van der Waals surface area contributed by atoms with Crippen LogP contribution in [0.3, 0.4) is 0 Å². The van der Waals surface area contributed by atoms with E-state index in [2.05, 4.69) is 90.3 Å². The molecule has 0 bridgehead atoms. The lowest BCUT2D eigenvalue weighted by molar-refractivity contribution is 0.101. The number of carbonyl (C=O) groups is 2. The van der Waals surface area contributed by atoms with Gasteiger partial charge < -0.3 is 20.8 Å². The number of hydrogen-bond acceptors (Lipinski definition) is 4. The van der Waals surface area contributed by atoms with Crippen molar-refractivity contribution in [2.75, 3.05) is 10.6 Å². The highest BCUT2D eigenvalue weighted by Crippen LogP contribution is 2.40. The Morgan fingerprint density at radius 3 is 1.51 bits per heavy atom. The van der Waals surface area contributed by atoms with E-state index in [1.165, 1.54) is 0 Å². The first-order valence-electron chi connectivity index (χ1n) is 10.4. The number of para-hydroxylation sites is 2. The maximum atomic E-state index is 12.1. The summed E-state index contributed by atoms with van der Waals surface area (Å²) in [5.74, 6) is -0.925. The van der Waals surface area contributed by atoms with E-state index in [0.717, 1.165) is 0 Å². The number of anilines is 2. The minimum absolute atomic E-state index is 0.0854. The van der Waals surface area contributed by atoms with Crippen molar-refractivity contribution in [2.24, 2.45) is 0 Å².